The number of thioether (sulfide) groups is 1. The molecule has 1 fully saturated rings. The first kappa shape index (κ1) is 27.5. The Labute approximate surface area is 225 Å². The van der Waals surface area contributed by atoms with Crippen LogP contribution in [0.25, 0.3) is 11.0 Å². The molecule has 2 aliphatic rings. The molecule has 4 heterocycles. The van der Waals surface area contributed by atoms with Crippen LogP contribution in [0.4, 0.5) is 10.6 Å². The number of ether oxygens (including phenoxy) is 1. The van der Waals surface area contributed by atoms with Gasteiger partial charge in [0.2, 0.25) is 9.04 Å². The number of nitrogens with two attached hydrogens (primary N) is 1. The van der Waals surface area contributed by atoms with Crippen LogP contribution < -0.4 is 5.73 Å². The number of nitrogens with zero attached hydrogens (tertiary/aromatic N) is 5. The minimum Gasteiger partial charge on any atom is -0.549 e. The van der Waals surface area contributed by atoms with Gasteiger partial charge in [0.25, 0.3) is 0 Å². The van der Waals surface area contributed by atoms with Crippen molar-refractivity contribution in [1.29, 1.82) is 0 Å². The van der Waals surface area contributed by atoms with Crippen molar-refractivity contribution in [3.8, 4) is 0 Å². The second kappa shape index (κ2) is 10.3. The van der Waals surface area contributed by atoms with E-state index in [1.54, 1.807) is 16.7 Å². The predicted octanol–water partition coefficient (Wildman–Crippen LogP) is 5.58. The molecule has 0 saturated carbocycles. The average Bonchev–Trinajstić information content (AvgIpc) is 3.41. The molecule has 2 aromatic heterocycles. The fraction of sp³-hybridized carbons (Fsp3) is 0.615. The second-order valence-electron chi connectivity index (χ2n) is 12.0. The number of hydrogen-bond acceptors (Lipinski definition) is 8. The Morgan fingerprint density at radius 2 is 1.92 bits per heavy atom. The van der Waals surface area contributed by atoms with Gasteiger partial charge in [0.1, 0.15) is 17.7 Å². The van der Waals surface area contributed by atoms with E-state index in [0.717, 1.165) is 34.6 Å². The number of amides is 1. The molecule has 2 atom stereocenters. The van der Waals surface area contributed by atoms with Gasteiger partial charge in [-0.1, -0.05) is 26.8 Å². The minimum absolute atomic E-state index is 0.0300. The van der Waals surface area contributed by atoms with Crippen molar-refractivity contribution < 1.29 is 14.0 Å². The molecule has 0 aromatic carbocycles. The summed E-state index contributed by atoms with van der Waals surface area (Å²) in [6.07, 6.45) is 7.23. The lowest BCUT2D eigenvalue weighted by atomic mass is 9.93. The summed E-state index contributed by atoms with van der Waals surface area (Å²) in [5, 5.41) is 5.81. The molecule has 0 radical (unpaired) electrons. The summed E-state index contributed by atoms with van der Waals surface area (Å²) in [5.74, 6) is 1.45. The summed E-state index contributed by atoms with van der Waals surface area (Å²) < 4.78 is 14.0. The van der Waals surface area contributed by atoms with Crippen molar-refractivity contribution >= 4 is 43.7 Å². The number of anilines is 1. The number of piperidine rings is 1. The number of likely N-dealkylation sites (tertiary alicyclic amines) is 1. The number of rotatable bonds is 4. The van der Waals surface area contributed by atoms with Gasteiger partial charge in [-0.25, -0.2) is 19.4 Å². The van der Waals surface area contributed by atoms with Crippen molar-refractivity contribution in [2.45, 2.75) is 84.4 Å². The average molecular weight is 545 g/mol. The molecular formula is C26H40N6O3SSi. The van der Waals surface area contributed by atoms with Gasteiger partial charge >= 0.3 is 6.09 Å². The van der Waals surface area contributed by atoms with Crippen LogP contribution in [0, 0.1) is 5.41 Å². The summed E-state index contributed by atoms with van der Waals surface area (Å²) in [7, 11) is -1.28. The SMILES string of the molecule is C[SiH](C)OC(=C1C=CC(c2nn(C3CCCN(C(=O)OC(C)(C)C)C3)c3ncnc(N)c23)S1)C(C)(C)C. The van der Waals surface area contributed by atoms with E-state index in [1.807, 2.05) is 25.5 Å². The van der Waals surface area contributed by atoms with E-state index in [0.29, 0.717) is 24.6 Å². The summed E-state index contributed by atoms with van der Waals surface area (Å²) in [6.45, 7) is 17.7. The maximum absolute atomic E-state index is 12.8. The lowest BCUT2D eigenvalue weighted by Gasteiger charge is -2.34. The van der Waals surface area contributed by atoms with Gasteiger partial charge in [-0.3, -0.25) is 0 Å². The Morgan fingerprint density at radius 3 is 2.57 bits per heavy atom. The molecule has 2 aromatic rings. The third-order valence-corrected chi connectivity index (χ3v) is 8.06. The third kappa shape index (κ3) is 6.14. The van der Waals surface area contributed by atoms with Gasteiger partial charge in [0, 0.05) is 23.4 Å². The highest BCUT2D eigenvalue weighted by Crippen LogP contribution is 2.48. The summed E-state index contributed by atoms with van der Waals surface area (Å²) in [4.78, 5) is 24.5. The van der Waals surface area contributed by atoms with E-state index in [9.17, 15) is 4.79 Å². The molecule has 0 spiro atoms. The van der Waals surface area contributed by atoms with E-state index >= 15 is 0 Å². The summed E-state index contributed by atoms with van der Waals surface area (Å²) in [5.41, 5.74) is 7.29. The lowest BCUT2D eigenvalue weighted by Crippen LogP contribution is -2.43. The molecule has 1 amide bonds. The molecule has 11 heteroatoms. The second-order valence-corrected chi connectivity index (χ2v) is 15.5. The zero-order chi connectivity index (χ0) is 27.1. The Morgan fingerprint density at radius 1 is 1.19 bits per heavy atom. The molecule has 9 nitrogen and oxygen atoms in total. The van der Waals surface area contributed by atoms with E-state index in [2.05, 4.69) is 56.0 Å². The van der Waals surface area contributed by atoms with Gasteiger partial charge in [0.05, 0.1) is 28.1 Å². The molecule has 0 bridgehead atoms. The summed E-state index contributed by atoms with van der Waals surface area (Å²) >= 11 is 1.73. The van der Waals surface area contributed by atoms with Crippen LogP contribution >= 0.6 is 11.8 Å². The molecule has 2 aliphatic heterocycles. The van der Waals surface area contributed by atoms with Crippen molar-refractivity contribution in [2.75, 3.05) is 18.8 Å². The van der Waals surface area contributed by atoms with Crippen LogP contribution in [0.2, 0.25) is 13.1 Å². The number of aromatic nitrogens is 4. The van der Waals surface area contributed by atoms with E-state index in [-0.39, 0.29) is 22.8 Å². The Balaban J connectivity index is 1.67. The van der Waals surface area contributed by atoms with Crippen molar-refractivity contribution in [2.24, 2.45) is 5.41 Å². The van der Waals surface area contributed by atoms with Crippen molar-refractivity contribution in [1.82, 2.24) is 24.6 Å². The quantitative estimate of drug-likeness (QED) is 0.392. The first-order valence-electron chi connectivity index (χ1n) is 13.0. The normalized spacial score (nSPS) is 22.1. The first-order valence-corrected chi connectivity index (χ1v) is 16.6. The predicted molar refractivity (Wildman–Crippen MR) is 152 cm³/mol. The van der Waals surface area contributed by atoms with Crippen LogP contribution in [0.15, 0.2) is 29.1 Å². The number of hydrogen-bond donors (Lipinski definition) is 1. The molecule has 2 unspecified atom stereocenters. The highest BCUT2D eigenvalue weighted by atomic mass is 32.2. The molecule has 202 valence electrons. The maximum atomic E-state index is 12.8. The highest BCUT2D eigenvalue weighted by Gasteiger charge is 2.34. The largest absolute Gasteiger partial charge is 0.549 e. The van der Waals surface area contributed by atoms with Crippen LogP contribution in [-0.2, 0) is 9.16 Å². The number of carbonyl (C=O) groups excluding carboxylic acids is 1. The van der Waals surface area contributed by atoms with Crippen LogP contribution in [-0.4, -0.2) is 58.5 Å². The Kier molecular flexibility index (Phi) is 7.67. The van der Waals surface area contributed by atoms with Crippen molar-refractivity contribution in [3.05, 3.63) is 34.8 Å². The third-order valence-electron chi connectivity index (χ3n) is 6.14. The van der Waals surface area contributed by atoms with E-state index < -0.39 is 14.6 Å². The lowest BCUT2D eigenvalue weighted by molar-refractivity contribution is 0.0169. The monoisotopic (exact) mass is 544 g/mol. The fourth-order valence-corrected chi connectivity index (χ4v) is 6.99. The number of allylic oxidation sites excluding steroid dienone is 2. The standard InChI is InChI=1S/C26H40N6O3SSi/c1-25(2,3)21(35-37(7)8)18-12-11-17(36-18)20-19-22(27)28-15-29-23(19)32(30-20)16-10-9-13-31(14-16)24(33)34-26(4,5)6/h11-12,15-17,37H,9-10,13-14H2,1-8H3,(H2,27,28,29). The first-order chi connectivity index (χ1) is 17.2. The molecule has 2 N–H and O–H groups in total. The van der Waals surface area contributed by atoms with Gasteiger partial charge in [-0.15, -0.1) is 11.8 Å². The van der Waals surface area contributed by atoms with Crippen LogP contribution in [0.3, 0.4) is 0 Å². The number of fused-ring (bicyclic) bond motifs is 1. The van der Waals surface area contributed by atoms with E-state index in [4.69, 9.17) is 20.0 Å². The van der Waals surface area contributed by atoms with Crippen LogP contribution in [0.5, 0.6) is 0 Å². The Hall–Kier alpha value is -2.53. The highest BCUT2D eigenvalue weighted by molar-refractivity contribution is 8.04. The van der Waals surface area contributed by atoms with Gasteiger partial charge in [0.15, 0.2) is 5.65 Å². The molecule has 1 saturated heterocycles. The molecule has 4 rings (SSSR count). The zero-order valence-electron chi connectivity index (χ0n) is 23.2. The zero-order valence-corrected chi connectivity index (χ0v) is 25.2. The van der Waals surface area contributed by atoms with Gasteiger partial charge in [-0.05, 0) is 52.8 Å². The van der Waals surface area contributed by atoms with Gasteiger partial charge < -0.3 is 19.8 Å². The summed E-state index contributed by atoms with van der Waals surface area (Å²) in [6, 6.07) is -0.0300. The van der Waals surface area contributed by atoms with Crippen LogP contribution in [0.1, 0.15) is 71.4 Å². The van der Waals surface area contributed by atoms with Gasteiger partial charge in [-0.2, -0.15) is 5.10 Å². The Bertz CT molecular complexity index is 1230. The molecular weight excluding hydrogens is 504 g/mol. The molecule has 37 heavy (non-hydrogen) atoms. The fourth-order valence-electron chi connectivity index (χ4n) is 4.63. The number of nitrogen functional groups attached to an aromatic ring is 1. The smallest absolute Gasteiger partial charge is 0.410 e. The minimum atomic E-state index is -1.28. The molecule has 0 aliphatic carbocycles. The number of carbonyl (C=O) groups is 1. The topological polar surface area (TPSA) is 108 Å². The maximum Gasteiger partial charge on any atom is 0.410 e. The van der Waals surface area contributed by atoms with E-state index in [1.165, 1.54) is 6.33 Å². The van der Waals surface area contributed by atoms with Crippen molar-refractivity contribution in [3.63, 3.8) is 0 Å².